The lowest BCUT2D eigenvalue weighted by molar-refractivity contribution is -0.384. The topological polar surface area (TPSA) is 105 Å². The van der Waals surface area contributed by atoms with Crippen molar-refractivity contribution in [3.05, 3.63) is 63.7 Å². The van der Waals surface area contributed by atoms with Crippen molar-refractivity contribution in [1.82, 2.24) is 5.32 Å². The van der Waals surface area contributed by atoms with Gasteiger partial charge in [-0.05, 0) is 30.7 Å². The number of halogens is 2. The van der Waals surface area contributed by atoms with Crippen LogP contribution in [0.25, 0.3) is 0 Å². The van der Waals surface area contributed by atoms with Crippen molar-refractivity contribution in [2.24, 2.45) is 0 Å². The first-order valence-electron chi connectivity index (χ1n) is 8.36. The molecule has 1 saturated heterocycles. The second-order valence-electron chi connectivity index (χ2n) is 6.11. The first-order chi connectivity index (χ1) is 13.3. The Morgan fingerprint density at radius 2 is 1.93 bits per heavy atom. The van der Waals surface area contributed by atoms with Gasteiger partial charge in [0.15, 0.2) is 0 Å². The summed E-state index contributed by atoms with van der Waals surface area (Å²) in [6.07, 6.45) is 0.195. The number of carbonyl (C=O) groups excluding carboxylic acids is 2. The number of nitrogens with zero attached hydrogens (tertiary/aromatic N) is 2. The molecule has 1 fully saturated rings. The van der Waals surface area contributed by atoms with Gasteiger partial charge in [-0.1, -0.05) is 6.07 Å². The molecule has 2 aromatic rings. The molecule has 0 saturated carbocycles. The molecule has 3 rings (SSSR count). The Morgan fingerprint density at radius 1 is 1.25 bits per heavy atom. The van der Waals surface area contributed by atoms with Gasteiger partial charge >= 0.3 is 0 Å². The van der Waals surface area contributed by atoms with Gasteiger partial charge in [0.1, 0.15) is 29.1 Å². The fourth-order valence-corrected chi connectivity index (χ4v) is 3.06. The van der Waals surface area contributed by atoms with Gasteiger partial charge in [0.05, 0.1) is 4.92 Å². The van der Waals surface area contributed by atoms with Gasteiger partial charge in [0, 0.05) is 25.2 Å². The van der Waals surface area contributed by atoms with Gasteiger partial charge in [0.2, 0.25) is 5.91 Å². The number of para-hydroxylation sites is 1. The molecule has 1 aliphatic heterocycles. The van der Waals surface area contributed by atoms with Gasteiger partial charge in [-0.2, -0.15) is 0 Å². The summed E-state index contributed by atoms with van der Waals surface area (Å²) in [6, 6.07) is 6.19. The summed E-state index contributed by atoms with van der Waals surface area (Å²) in [6.45, 7) is 0.0540. The third-order valence-electron chi connectivity index (χ3n) is 4.43. The number of hydrogen-bond donors (Lipinski definition) is 2. The van der Waals surface area contributed by atoms with Crippen molar-refractivity contribution >= 4 is 28.9 Å². The fraction of sp³-hybridized carbons (Fsp3) is 0.222. The highest BCUT2D eigenvalue weighted by atomic mass is 19.1. The molecule has 146 valence electrons. The maximum atomic E-state index is 14.0. The summed E-state index contributed by atoms with van der Waals surface area (Å²) in [5, 5.41) is 16.5. The van der Waals surface area contributed by atoms with E-state index in [0.29, 0.717) is 0 Å². The first-order valence-corrected chi connectivity index (χ1v) is 8.36. The average molecular weight is 390 g/mol. The van der Waals surface area contributed by atoms with E-state index in [2.05, 4.69) is 10.6 Å². The van der Waals surface area contributed by atoms with Crippen molar-refractivity contribution in [2.75, 3.05) is 23.8 Å². The Morgan fingerprint density at radius 3 is 2.54 bits per heavy atom. The SMILES string of the molecule is CNC(=O)c1ccc(NC2CCN(c3c(F)cccc3F)C2=O)c([N+](=O)[O-])c1. The minimum Gasteiger partial charge on any atom is -0.368 e. The minimum absolute atomic E-state index is 0.0341. The van der Waals surface area contributed by atoms with Gasteiger partial charge < -0.3 is 15.5 Å². The van der Waals surface area contributed by atoms with Crippen LogP contribution in [0.5, 0.6) is 0 Å². The van der Waals surface area contributed by atoms with Crippen LogP contribution in [0.2, 0.25) is 0 Å². The summed E-state index contributed by atoms with van der Waals surface area (Å²) < 4.78 is 27.9. The summed E-state index contributed by atoms with van der Waals surface area (Å²) >= 11 is 0. The molecule has 0 spiro atoms. The Hall–Kier alpha value is -3.56. The van der Waals surface area contributed by atoms with E-state index >= 15 is 0 Å². The van der Waals surface area contributed by atoms with Crippen molar-refractivity contribution in [3.8, 4) is 0 Å². The molecule has 28 heavy (non-hydrogen) atoms. The Kier molecular flexibility index (Phi) is 5.21. The largest absolute Gasteiger partial charge is 0.368 e. The minimum atomic E-state index is -0.899. The smallest absolute Gasteiger partial charge is 0.293 e. The second-order valence-corrected chi connectivity index (χ2v) is 6.11. The van der Waals surface area contributed by atoms with E-state index in [1.54, 1.807) is 0 Å². The lowest BCUT2D eigenvalue weighted by Crippen LogP contribution is -2.34. The molecule has 2 aromatic carbocycles. The van der Waals surface area contributed by atoms with Crippen LogP contribution in [0.4, 0.5) is 25.8 Å². The van der Waals surface area contributed by atoms with Crippen molar-refractivity contribution in [1.29, 1.82) is 0 Å². The van der Waals surface area contributed by atoms with Crippen LogP contribution in [0.1, 0.15) is 16.8 Å². The molecule has 0 aromatic heterocycles. The summed E-state index contributed by atoms with van der Waals surface area (Å²) in [4.78, 5) is 35.9. The van der Waals surface area contributed by atoms with Crippen LogP contribution in [0.15, 0.2) is 36.4 Å². The third kappa shape index (κ3) is 3.48. The van der Waals surface area contributed by atoms with E-state index < -0.39 is 40.1 Å². The number of nitro groups is 1. The van der Waals surface area contributed by atoms with Crippen LogP contribution in [0.3, 0.4) is 0 Å². The number of hydrogen-bond acceptors (Lipinski definition) is 5. The van der Waals surface area contributed by atoms with Gasteiger partial charge in [-0.15, -0.1) is 0 Å². The molecule has 1 atom stereocenters. The van der Waals surface area contributed by atoms with E-state index in [1.807, 2.05) is 0 Å². The maximum Gasteiger partial charge on any atom is 0.293 e. The third-order valence-corrected chi connectivity index (χ3v) is 4.43. The summed E-state index contributed by atoms with van der Waals surface area (Å²) in [7, 11) is 1.40. The monoisotopic (exact) mass is 390 g/mol. The first kappa shape index (κ1) is 19.2. The predicted octanol–water partition coefficient (Wildman–Crippen LogP) is 2.45. The van der Waals surface area contributed by atoms with Crippen molar-refractivity contribution < 1.29 is 23.3 Å². The van der Waals surface area contributed by atoms with Crippen molar-refractivity contribution in [2.45, 2.75) is 12.5 Å². The van der Waals surface area contributed by atoms with Crippen LogP contribution in [-0.4, -0.2) is 36.4 Å². The van der Waals surface area contributed by atoms with E-state index in [4.69, 9.17) is 0 Å². The van der Waals surface area contributed by atoms with E-state index in [-0.39, 0.29) is 29.9 Å². The zero-order chi connectivity index (χ0) is 20.4. The number of carbonyl (C=O) groups is 2. The number of anilines is 2. The highest BCUT2D eigenvalue weighted by Crippen LogP contribution is 2.31. The molecule has 8 nitrogen and oxygen atoms in total. The molecule has 10 heteroatoms. The summed E-state index contributed by atoms with van der Waals surface area (Å²) in [5.74, 6) is -2.83. The van der Waals surface area contributed by atoms with Crippen LogP contribution in [-0.2, 0) is 4.79 Å². The standard InChI is InChI=1S/C18H16F2N4O4/c1-21-17(25)10-5-6-13(15(9-10)24(27)28)22-14-7-8-23(18(14)26)16-11(19)3-2-4-12(16)20/h2-6,9,14,22H,7-8H2,1H3,(H,21,25). The van der Waals surface area contributed by atoms with E-state index in [1.165, 1.54) is 25.2 Å². The van der Waals surface area contributed by atoms with Crippen LogP contribution >= 0.6 is 0 Å². The number of rotatable bonds is 5. The highest BCUT2D eigenvalue weighted by Gasteiger charge is 2.36. The molecule has 0 bridgehead atoms. The molecule has 1 heterocycles. The lowest BCUT2D eigenvalue weighted by Gasteiger charge is -2.19. The van der Waals surface area contributed by atoms with Gasteiger partial charge in [0.25, 0.3) is 11.6 Å². The predicted molar refractivity (Wildman–Crippen MR) is 97.2 cm³/mol. The maximum absolute atomic E-state index is 14.0. The molecule has 2 N–H and O–H groups in total. The zero-order valence-corrected chi connectivity index (χ0v) is 14.7. The molecular formula is C18H16F2N4O4. The molecule has 2 amide bonds. The quantitative estimate of drug-likeness (QED) is 0.603. The fourth-order valence-electron chi connectivity index (χ4n) is 3.06. The van der Waals surface area contributed by atoms with E-state index in [9.17, 15) is 28.5 Å². The van der Waals surface area contributed by atoms with Gasteiger partial charge in [-0.3, -0.25) is 19.7 Å². The molecule has 0 aliphatic carbocycles. The van der Waals surface area contributed by atoms with Crippen LogP contribution in [0, 0.1) is 21.7 Å². The Balaban J connectivity index is 1.86. The normalized spacial score (nSPS) is 16.2. The molecule has 0 radical (unpaired) electrons. The van der Waals surface area contributed by atoms with Crippen molar-refractivity contribution in [3.63, 3.8) is 0 Å². The number of nitro benzene ring substituents is 1. The molecule has 1 unspecified atom stereocenters. The highest BCUT2D eigenvalue weighted by molar-refractivity contribution is 6.01. The lowest BCUT2D eigenvalue weighted by atomic mass is 10.1. The van der Waals surface area contributed by atoms with Crippen LogP contribution < -0.4 is 15.5 Å². The Labute approximate surface area is 158 Å². The molecule has 1 aliphatic rings. The molecular weight excluding hydrogens is 374 g/mol. The summed E-state index contributed by atoms with van der Waals surface area (Å²) in [5.41, 5.74) is -0.704. The zero-order valence-electron chi connectivity index (χ0n) is 14.7. The number of amides is 2. The Bertz CT molecular complexity index is 946. The number of benzene rings is 2. The second kappa shape index (κ2) is 7.59. The van der Waals surface area contributed by atoms with E-state index in [0.717, 1.165) is 23.1 Å². The van der Waals surface area contributed by atoms with Gasteiger partial charge in [-0.25, -0.2) is 8.78 Å². The number of nitrogens with one attached hydrogen (secondary N) is 2. The average Bonchev–Trinajstić information content (AvgIpc) is 3.01.